The van der Waals surface area contributed by atoms with Crippen LogP contribution in [-0.2, 0) is 9.53 Å². The first-order valence-electron chi connectivity index (χ1n) is 9.88. The molecule has 3 aliphatic rings. The number of hydrogen-bond acceptors (Lipinski definition) is 4. The molecule has 1 aromatic rings. The predicted molar refractivity (Wildman–Crippen MR) is 107 cm³/mol. The molecule has 3 saturated heterocycles. The lowest BCUT2D eigenvalue weighted by Crippen LogP contribution is -2.81. The Kier molecular flexibility index (Phi) is 4.92. The molecule has 152 valence electrons. The topological polar surface area (TPSA) is 53.1 Å². The molecule has 0 radical (unpaired) electrons. The number of rotatable bonds is 1. The van der Waals surface area contributed by atoms with Crippen molar-refractivity contribution in [2.75, 3.05) is 45.9 Å². The lowest BCUT2D eigenvalue weighted by molar-refractivity contribution is -0.178. The van der Waals surface area contributed by atoms with E-state index < -0.39 is 0 Å². The highest BCUT2D eigenvalue weighted by Crippen LogP contribution is 2.38. The largest absolute Gasteiger partial charge is 0.378 e. The van der Waals surface area contributed by atoms with Crippen molar-refractivity contribution in [3.05, 3.63) is 34.9 Å². The van der Waals surface area contributed by atoms with Gasteiger partial charge in [-0.05, 0) is 24.3 Å². The number of piperazine rings is 1. The molecule has 1 atom stereocenters. The standard InChI is InChI=1S/C21H28ClN3O3/c1-20(2,3)19(27)24-13-21(14-24)12-23(10-17-11-28-9-8-25(17)21)18(26)15-4-6-16(22)7-5-15/h4-7,17H,8-14H2,1-3H3. The van der Waals surface area contributed by atoms with Crippen LogP contribution in [0, 0.1) is 5.41 Å². The number of nitrogens with zero attached hydrogens (tertiary/aromatic N) is 3. The van der Waals surface area contributed by atoms with Gasteiger partial charge in [-0.1, -0.05) is 32.4 Å². The molecule has 1 aromatic carbocycles. The van der Waals surface area contributed by atoms with Crippen molar-refractivity contribution in [1.82, 2.24) is 14.7 Å². The summed E-state index contributed by atoms with van der Waals surface area (Å²) in [6, 6.07) is 7.22. The third-order valence-electron chi connectivity index (χ3n) is 6.03. The van der Waals surface area contributed by atoms with Gasteiger partial charge in [0.05, 0.1) is 24.8 Å². The summed E-state index contributed by atoms with van der Waals surface area (Å²) in [5.74, 6) is 0.186. The normalized spacial score (nSPS) is 24.6. The highest BCUT2D eigenvalue weighted by atomic mass is 35.5. The third kappa shape index (κ3) is 3.42. The van der Waals surface area contributed by atoms with Crippen LogP contribution >= 0.6 is 11.6 Å². The van der Waals surface area contributed by atoms with Gasteiger partial charge in [0, 0.05) is 48.7 Å². The SMILES string of the molecule is CC(C)(C)C(=O)N1CC2(CN(C(=O)c3ccc(Cl)cc3)CC3COCCN32)C1. The number of carbonyl (C=O) groups is 2. The number of morpholine rings is 1. The maximum absolute atomic E-state index is 13.1. The summed E-state index contributed by atoms with van der Waals surface area (Å²) in [7, 11) is 0. The Morgan fingerprint density at radius 2 is 1.75 bits per heavy atom. The van der Waals surface area contributed by atoms with E-state index in [1.807, 2.05) is 30.6 Å². The fourth-order valence-electron chi connectivity index (χ4n) is 4.69. The molecule has 3 aliphatic heterocycles. The van der Waals surface area contributed by atoms with E-state index in [9.17, 15) is 9.59 Å². The van der Waals surface area contributed by atoms with Crippen LogP contribution in [0.3, 0.4) is 0 Å². The minimum absolute atomic E-state index is 0.0156. The Balaban J connectivity index is 1.55. The quantitative estimate of drug-likeness (QED) is 0.718. The number of likely N-dealkylation sites (tertiary alicyclic amines) is 1. The zero-order valence-corrected chi connectivity index (χ0v) is 17.5. The zero-order chi connectivity index (χ0) is 20.1. The average molecular weight is 406 g/mol. The predicted octanol–water partition coefficient (Wildman–Crippen LogP) is 2.12. The molecule has 6 nitrogen and oxygen atoms in total. The van der Waals surface area contributed by atoms with E-state index in [-0.39, 0.29) is 28.8 Å². The van der Waals surface area contributed by atoms with Gasteiger partial charge < -0.3 is 14.5 Å². The van der Waals surface area contributed by atoms with Crippen molar-refractivity contribution in [1.29, 1.82) is 0 Å². The smallest absolute Gasteiger partial charge is 0.253 e. The maximum Gasteiger partial charge on any atom is 0.253 e. The average Bonchev–Trinajstić information content (AvgIpc) is 2.64. The van der Waals surface area contributed by atoms with E-state index in [0.29, 0.717) is 50.0 Å². The highest BCUT2D eigenvalue weighted by Gasteiger charge is 2.56. The van der Waals surface area contributed by atoms with Crippen LogP contribution in [0.4, 0.5) is 0 Å². The number of benzene rings is 1. The second-order valence-electron chi connectivity index (χ2n) is 9.25. The van der Waals surface area contributed by atoms with E-state index in [4.69, 9.17) is 16.3 Å². The van der Waals surface area contributed by atoms with E-state index in [1.165, 1.54) is 0 Å². The molecule has 0 bridgehead atoms. The van der Waals surface area contributed by atoms with Crippen LogP contribution in [0.2, 0.25) is 5.02 Å². The number of carbonyl (C=O) groups excluding carboxylic acids is 2. The summed E-state index contributed by atoms with van der Waals surface area (Å²) in [4.78, 5) is 32.2. The molecule has 0 N–H and O–H groups in total. The van der Waals surface area contributed by atoms with Crippen LogP contribution < -0.4 is 0 Å². The van der Waals surface area contributed by atoms with Gasteiger partial charge in [0.25, 0.3) is 5.91 Å². The Labute approximate surface area is 171 Å². The Morgan fingerprint density at radius 3 is 2.39 bits per heavy atom. The number of fused-ring (bicyclic) bond motifs is 2. The molecule has 3 heterocycles. The lowest BCUT2D eigenvalue weighted by atomic mass is 9.80. The summed E-state index contributed by atoms with van der Waals surface area (Å²) in [6.07, 6.45) is 0. The summed E-state index contributed by atoms with van der Waals surface area (Å²) >= 11 is 5.97. The van der Waals surface area contributed by atoms with Gasteiger partial charge in [-0.2, -0.15) is 0 Å². The molecular formula is C21H28ClN3O3. The van der Waals surface area contributed by atoms with Crippen molar-refractivity contribution in [3.63, 3.8) is 0 Å². The third-order valence-corrected chi connectivity index (χ3v) is 6.28. The fourth-order valence-corrected chi connectivity index (χ4v) is 4.82. The number of halogens is 1. The molecule has 4 rings (SSSR count). The zero-order valence-electron chi connectivity index (χ0n) is 16.8. The van der Waals surface area contributed by atoms with Crippen LogP contribution in [0.1, 0.15) is 31.1 Å². The maximum atomic E-state index is 13.1. The van der Waals surface area contributed by atoms with E-state index in [1.54, 1.807) is 24.3 Å². The summed E-state index contributed by atoms with van der Waals surface area (Å²) in [6.45, 7) is 10.7. The Bertz CT molecular complexity index is 768. The summed E-state index contributed by atoms with van der Waals surface area (Å²) in [5, 5.41) is 0.619. The Hall–Kier alpha value is -1.63. The van der Waals surface area contributed by atoms with Gasteiger partial charge in [0.1, 0.15) is 0 Å². The monoisotopic (exact) mass is 405 g/mol. The van der Waals surface area contributed by atoms with Gasteiger partial charge in [-0.25, -0.2) is 0 Å². The number of amides is 2. The Morgan fingerprint density at radius 1 is 1.11 bits per heavy atom. The summed E-state index contributed by atoms with van der Waals surface area (Å²) in [5.41, 5.74) is 0.0847. The minimum atomic E-state index is -0.389. The van der Waals surface area contributed by atoms with Crippen LogP contribution in [0.25, 0.3) is 0 Å². The molecular weight excluding hydrogens is 378 g/mol. The highest BCUT2D eigenvalue weighted by molar-refractivity contribution is 6.30. The minimum Gasteiger partial charge on any atom is -0.378 e. The van der Waals surface area contributed by atoms with Crippen molar-refractivity contribution < 1.29 is 14.3 Å². The van der Waals surface area contributed by atoms with Crippen molar-refractivity contribution in [3.8, 4) is 0 Å². The van der Waals surface area contributed by atoms with Gasteiger partial charge in [0.2, 0.25) is 5.91 Å². The second kappa shape index (κ2) is 7.01. The molecule has 2 amide bonds. The number of hydrogen-bond donors (Lipinski definition) is 0. The molecule has 0 aromatic heterocycles. The molecule has 0 saturated carbocycles. The fraction of sp³-hybridized carbons (Fsp3) is 0.619. The lowest BCUT2D eigenvalue weighted by Gasteiger charge is -2.63. The first kappa shape index (κ1) is 19.7. The number of ether oxygens (including phenoxy) is 1. The van der Waals surface area contributed by atoms with E-state index >= 15 is 0 Å². The van der Waals surface area contributed by atoms with E-state index in [0.717, 1.165) is 6.54 Å². The van der Waals surface area contributed by atoms with E-state index in [2.05, 4.69) is 4.90 Å². The first-order valence-corrected chi connectivity index (χ1v) is 10.3. The van der Waals surface area contributed by atoms with Crippen LogP contribution in [0.5, 0.6) is 0 Å². The molecule has 7 heteroatoms. The molecule has 28 heavy (non-hydrogen) atoms. The summed E-state index contributed by atoms with van der Waals surface area (Å²) < 4.78 is 5.70. The molecule has 1 spiro atoms. The van der Waals surface area contributed by atoms with Crippen LogP contribution in [0.15, 0.2) is 24.3 Å². The molecule has 3 fully saturated rings. The van der Waals surface area contributed by atoms with Crippen LogP contribution in [-0.4, -0.2) is 84.0 Å². The molecule has 1 unspecified atom stereocenters. The van der Waals surface area contributed by atoms with Crippen molar-refractivity contribution in [2.45, 2.75) is 32.4 Å². The van der Waals surface area contributed by atoms with Gasteiger partial charge in [-0.15, -0.1) is 0 Å². The van der Waals surface area contributed by atoms with Crippen molar-refractivity contribution in [2.24, 2.45) is 5.41 Å². The first-order chi connectivity index (χ1) is 13.2. The van der Waals surface area contributed by atoms with Crippen molar-refractivity contribution >= 4 is 23.4 Å². The van der Waals surface area contributed by atoms with Gasteiger partial charge >= 0.3 is 0 Å². The second-order valence-corrected chi connectivity index (χ2v) is 9.69. The molecule has 0 aliphatic carbocycles. The van der Waals surface area contributed by atoms with Gasteiger partial charge in [0.15, 0.2) is 0 Å². The van der Waals surface area contributed by atoms with Gasteiger partial charge in [-0.3, -0.25) is 14.5 Å².